The second kappa shape index (κ2) is 7.60. The lowest BCUT2D eigenvalue weighted by molar-refractivity contribution is -0.150. The van der Waals surface area contributed by atoms with Gasteiger partial charge in [0.2, 0.25) is 5.91 Å². The number of amides is 1. The first-order chi connectivity index (χ1) is 11.7. The van der Waals surface area contributed by atoms with Gasteiger partial charge in [-0.15, -0.1) is 12.4 Å². The highest BCUT2D eigenvalue weighted by Gasteiger charge is 2.42. The van der Waals surface area contributed by atoms with E-state index in [1.54, 1.807) is 19.4 Å². The fraction of sp³-hybridized carbons (Fsp3) is 0.667. The highest BCUT2D eigenvalue weighted by molar-refractivity contribution is 6.29. The molecule has 8 heteroatoms. The zero-order chi connectivity index (χ0) is 18.4. The summed E-state index contributed by atoms with van der Waals surface area (Å²) in [5.74, 6) is 0.0615. The molecule has 1 aromatic heterocycles. The van der Waals surface area contributed by atoms with Crippen LogP contribution in [0.25, 0.3) is 0 Å². The molecule has 1 fully saturated rings. The van der Waals surface area contributed by atoms with E-state index in [2.05, 4.69) is 36.0 Å². The summed E-state index contributed by atoms with van der Waals surface area (Å²) in [5, 5.41) is 3.82. The molecule has 1 aromatic rings. The van der Waals surface area contributed by atoms with Crippen LogP contribution in [0.3, 0.4) is 0 Å². The zero-order valence-corrected chi connectivity index (χ0v) is 17.6. The number of piperazine rings is 1. The number of hydrogen-bond donors (Lipinski definition) is 1. The normalized spacial score (nSPS) is 27.8. The van der Waals surface area contributed by atoms with Crippen LogP contribution in [-0.2, 0) is 14.9 Å². The molecule has 0 aliphatic carbocycles. The van der Waals surface area contributed by atoms with E-state index in [1.165, 1.54) is 0 Å². The smallest absolute Gasteiger partial charge is 0.241 e. The molecule has 1 amide bonds. The van der Waals surface area contributed by atoms with E-state index in [0.717, 1.165) is 17.8 Å². The number of rotatable bonds is 3. The summed E-state index contributed by atoms with van der Waals surface area (Å²) >= 11 is 6.08. The van der Waals surface area contributed by atoms with Crippen LogP contribution < -0.4 is 10.2 Å². The standard InChI is InChI=1S/C18H27ClN4O2.ClH/c1-12-8-22(18(4,25-5)10-21-12)9-16(24)23-11-17(2,3)13-7-20-15(19)6-14(13)23;/h6-7,12,21H,8-11H2,1-5H3;1H/t12-,18-;/m1./s1. The van der Waals surface area contributed by atoms with Crippen LogP contribution in [0, 0.1) is 0 Å². The number of methoxy groups -OCH3 is 1. The number of carbonyl (C=O) groups is 1. The van der Waals surface area contributed by atoms with Gasteiger partial charge in [0.05, 0.1) is 12.2 Å². The van der Waals surface area contributed by atoms with Crippen molar-refractivity contribution in [2.75, 3.05) is 38.2 Å². The van der Waals surface area contributed by atoms with Crippen LogP contribution in [-0.4, -0.2) is 60.8 Å². The summed E-state index contributed by atoms with van der Waals surface area (Å²) in [6, 6.07) is 2.11. The maximum Gasteiger partial charge on any atom is 0.241 e. The molecule has 6 nitrogen and oxygen atoms in total. The number of halogens is 2. The lowest BCUT2D eigenvalue weighted by atomic mass is 9.88. The second-order valence-electron chi connectivity index (χ2n) is 7.93. The molecular formula is C18H28Cl2N4O2. The quantitative estimate of drug-likeness (QED) is 0.786. The molecule has 0 radical (unpaired) electrons. The third-order valence-electron chi connectivity index (χ3n) is 5.43. The Morgan fingerprint density at radius 1 is 1.46 bits per heavy atom. The number of pyridine rings is 1. The van der Waals surface area contributed by atoms with Gasteiger partial charge in [0.25, 0.3) is 0 Å². The number of carbonyl (C=O) groups excluding carboxylic acids is 1. The van der Waals surface area contributed by atoms with Gasteiger partial charge in [-0.05, 0) is 19.9 Å². The van der Waals surface area contributed by atoms with Crippen molar-refractivity contribution >= 4 is 35.6 Å². The van der Waals surface area contributed by atoms with Gasteiger partial charge in [-0.3, -0.25) is 9.69 Å². The van der Waals surface area contributed by atoms with Gasteiger partial charge in [0.1, 0.15) is 10.9 Å². The van der Waals surface area contributed by atoms with E-state index in [0.29, 0.717) is 30.8 Å². The molecule has 2 aliphatic rings. The van der Waals surface area contributed by atoms with Gasteiger partial charge in [-0.1, -0.05) is 25.4 Å². The predicted molar refractivity (Wildman–Crippen MR) is 106 cm³/mol. The van der Waals surface area contributed by atoms with Gasteiger partial charge < -0.3 is 15.0 Å². The highest BCUT2D eigenvalue weighted by atomic mass is 35.5. The molecule has 3 rings (SSSR count). The van der Waals surface area contributed by atoms with Crippen LogP contribution in [0.1, 0.15) is 33.3 Å². The first-order valence-electron chi connectivity index (χ1n) is 8.66. The summed E-state index contributed by atoms with van der Waals surface area (Å²) in [4.78, 5) is 21.3. The zero-order valence-electron chi connectivity index (χ0n) is 16.0. The fourth-order valence-corrected chi connectivity index (χ4v) is 3.85. The Kier molecular flexibility index (Phi) is 6.25. The summed E-state index contributed by atoms with van der Waals surface area (Å²) in [6.07, 6.45) is 1.79. The van der Waals surface area contributed by atoms with Gasteiger partial charge in [0.15, 0.2) is 0 Å². The molecule has 2 aliphatic heterocycles. The summed E-state index contributed by atoms with van der Waals surface area (Å²) < 4.78 is 5.69. The lowest BCUT2D eigenvalue weighted by Gasteiger charge is -2.46. The molecule has 3 heterocycles. The van der Waals surface area contributed by atoms with Crippen molar-refractivity contribution in [1.82, 2.24) is 15.2 Å². The summed E-state index contributed by atoms with van der Waals surface area (Å²) in [7, 11) is 1.69. The Morgan fingerprint density at radius 2 is 2.15 bits per heavy atom. The maximum absolute atomic E-state index is 13.1. The van der Waals surface area contributed by atoms with Crippen molar-refractivity contribution < 1.29 is 9.53 Å². The molecular weight excluding hydrogens is 375 g/mol. The third-order valence-corrected chi connectivity index (χ3v) is 5.64. The Labute approximate surface area is 166 Å². The topological polar surface area (TPSA) is 57.7 Å². The van der Waals surface area contributed by atoms with E-state index in [-0.39, 0.29) is 23.7 Å². The predicted octanol–water partition coefficient (Wildman–Crippen LogP) is 2.44. The van der Waals surface area contributed by atoms with Gasteiger partial charge in [0, 0.05) is 50.0 Å². The minimum Gasteiger partial charge on any atom is -0.363 e. The first kappa shape index (κ1) is 21.4. The van der Waals surface area contributed by atoms with Crippen LogP contribution in [0.5, 0.6) is 0 Å². The second-order valence-corrected chi connectivity index (χ2v) is 8.32. The maximum atomic E-state index is 13.1. The van der Waals surface area contributed by atoms with Crippen molar-refractivity contribution in [1.29, 1.82) is 0 Å². The number of fused-ring (bicyclic) bond motifs is 1. The molecule has 0 bridgehead atoms. The molecule has 0 saturated carbocycles. The average molecular weight is 403 g/mol. The number of nitrogens with one attached hydrogen (secondary N) is 1. The lowest BCUT2D eigenvalue weighted by Crippen LogP contribution is -2.65. The number of ether oxygens (including phenoxy) is 1. The Morgan fingerprint density at radius 3 is 2.81 bits per heavy atom. The molecule has 2 atom stereocenters. The molecule has 1 saturated heterocycles. The Balaban J connectivity index is 0.00000243. The Bertz CT molecular complexity index is 685. The van der Waals surface area contributed by atoms with Gasteiger partial charge >= 0.3 is 0 Å². The molecule has 26 heavy (non-hydrogen) atoms. The monoisotopic (exact) mass is 402 g/mol. The number of anilines is 1. The average Bonchev–Trinajstić information content (AvgIpc) is 2.82. The minimum absolute atomic E-state index is 0. The highest BCUT2D eigenvalue weighted by Crippen LogP contribution is 2.41. The van der Waals surface area contributed by atoms with E-state index >= 15 is 0 Å². The largest absolute Gasteiger partial charge is 0.363 e. The van der Waals surface area contributed by atoms with Gasteiger partial charge in [-0.25, -0.2) is 4.98 Å². The molecule has 146 valence electrons. The van der Waals surface area contributed by atoms with Crippen molar-refractivity contribution in [3.05, 3.63) is 23.0 Å². The van der Waals surface area contributed by atoms with Crippen LogP contribution in [0.15, 0.2) is 12.3 Å². The molecule has 0 spiro atoms. The van der Waals surface area contributed by atoms with Crippen LogP contribution in [0.2, 0.25) is 5.15 Å². The number of aromatic nitrogens is 1. The SMILES string of the molecule is CO[C@]1(C)CN[C@H](C)CN1CC(=O)N1CC(C)(C)c2cnc(Cl)cc21.Cl. The summed E-state index contributed by atoms with van der Waals surface area (Å²) in [6.45, 7) is 10.8. The van der Waals surface area contributed by atoms with Crippen molar-refractivity contribution in [3.8, 4) is 0 Å². The number of nitrogens with zero attached hydrogens (tertiary/aromatic N) is 3. The third kappa shape index (κ3) is 3.85. The molecule has 0 aromatic carbocycles. The molecule has 0 unspecified atom stereocenters. The van der Waals surface area contributed by atoms with Crippen molar-refractivity contribution in [2.45, 2.75) is 44.9 Å². The van der Waals surface area contributed by atoms with Crippen molar-refractivity contribution in [3.63, 3.8) is 0 Å². The fourth-order valence-electron chi connectivity index (χ4n) is 3.70. The van der Waals surface area contributed by atoms with E-state index in [1.807, 2.05) is 11.8 Å². The van der Waals surface area contributed by atoms with Gasteiger partial charge in [-0.2, -0.15) is 0 Å². The van der Waals surface area contributed by atoms with Crippen molar-refractivity contribution in [2.24, 2.45) is 0 Å². The Hall–Kier alpha value is -0.920. The van der Waals surface area contributed by atoms with Crippen LogP contribution >= 0.6 is 24.0 Å². The van der Waals surface area contributed by atoms with Crippen LogP contribution in [0.4, 0.5) is 5.69 Å². The van der Waals surface area contributed by atoms with E-state index in [4.69, 9.17) is 16.3 Å². The minimum atomic E-state index is -0.490. The molecule has 1 N–H and O–H groups in total. The first-order valence-corrected chi connectivity index (χ1v) is 9.04. The van der Waals surface area contributed by atoms with E-state index in [9.17, 15) is 4.79 Å². The summed E-state index contributed by atoms with van der Waals surface area (Å²) in [5.41, 5.74) is 1.31. The number of hydrogen-bond acceptors (Lipinski definition) is 5. The van der Waals surface area contributed by atoms with E-state index < -0.39 is 5.72 Å².